The number of ketones is 1. The van der Waals surface area contributed by atoms with Crippen LogP contribution in [0.25, 0.3) is 11.0 Å². The number of nitro benzene ring substituents is 1. The summed E-state index contributed by atoms with van der Waals surface area (Å²) in [5.41, 5.74) is 1.86. The van der Waals surface area contributed by atoms with E-state index in [-0.39, 0.29) is 17.0 Å². The number of benzene rings is 1. The number of rotatable bonds is 4. The third kappa shape index (κ3) is 2.91. The van der Waals surface area contributed by atoms with Gasteiger partial charge < -0.3 is 0 Å². The number of imidazole rings is 1. The van der Waals surface area contributed by atoms with Gasteiger partial charge in [-0.15, -0.1) is 11.3 Å². The molecule has 0 aliphatic carbocycles. The predicted octanol–water partition coefficient (Wildman–Crippen LogP) is 3.82. The normalized spacial score (nSPS) is 11.4. The van der Waals surface area contributed by atoms with E-state index in [0.717, 1.165) is 21.2 Å². The number of hydrogen-bond acceptors (Lipinski definition) is 5. The van der Waals surface area contributed by atoms with Gasteiger partial charge in [0.1, 0.15) is 0 Å². The van der Waals surface area contributed by atoms with Crippen molar-refractivity contribution in [3.63, 3.8) is 0 Å². The number of allylic oxidation sites excluding steroid dienone is 1. The molecule has 0 amide bonds. The smallest absolute Gasteiger partial charge is 0.270 e. The number of nitro groups is 1. The Labute approximate surface area is 135 Å². The highest BCUT2D eigenvalue weighted by molar-refractivity contribution is 7.17. The number of fused-ring (bicyclic) bond motifs is 1. The summed E-state index contributed by atoms with van der Waals surface area (Å²) in [5, 5.41) is 10.8. The highest BCUT2D eigenvalue weighted by atomic mass is 32.1. The van der Waals surface area contributed by atoms with Crippen molar-refractivity contribution in [2.75, 3.05) is 0 Å². The van der Waals surface area contributed by atoms with Gasteiger partial charge in [0, 0.05) is 28.8 Å². The van der Waals surface area contributed by atoms with Gasteiger partial charge in [-0.25, -0.2) is 4.98 Å². The molecule has 3 rings (SSSR count). The van der Waals surface area contributed by atoms with Crippen LogP contribution in [-0.2, 0) is 0 Å². The molecule has 0 bridgehead atoms. The zero-order chi connectivity index (χ0) is 16.6. The third-order valence-electron chi connectivity index (χ3n) is 3.40. The summed E-state index contributed by atoms with van der Waals surface area (Å²) in [5.74, 6) is -0.282. The second kappa shape index (κ2) is 5.77. The largest absolute Gasteiger partial charge is 0.290 e. The SMILES string of the molecule is Cc1cn2c(/C=C/C(=O)c3cccc([N+](=O)[O-])c3)c(C)nc2s1. The van der Waals surface area contributed by atoms with Crippen molar-refractivity contribution >= 4 is 33.8 Å². The van der Waals surface area contributed by atoms with E-state index in [2.05, 4.69) is 4.98 Å². The first-order chi connectivity index (χ1) is 11.0. The molecule has 116 valence electrons. The molecule has 0 saturated heterocycles. The van der Waals surface area contributed by atoms with Gasteiger partial charge in [0.15, 0.2) is 10.7 Å². The average Bonchev–Trinajstić information content (AvgIpc) is 3.00. The van der Waals surface area contributed by atoms with Gasteiger partial charge in [-0.2, -0.15) is 0 Å². The Hall–Kier alpha value is -2.80. The number of non-ortho nitro benzene ring substituents is 1. The van der Waals surface area contributed by atoms with Crippen molar-refractivity contribution in [1.82, 2.24) is 9.38 Å². The topological polar surface area (TPSA) is 77.5 Å². The summed E-state index contributed by atoms with van der Waals surface area (Å²) in [6.07, 6.45) is 5.09. The van der Waals surface area contributed by atoms with Gasteiger partial charge in [0.05, 0.1) is 16.3 Å². The number of nitrogens with zero attached hydrogens (tertiary/aromatic N) is 3. The Morgan fingerprint density at radius 1 is 1.39 bits per heavy atom. The molecule has 0 saturated carbocycles. The van der Waals surface area contributed by atoms with Gasteiger partial charge in [-0.05, 0) is 26.0 Å². The van der Waals surface area contributed by atoms with Gasteiger partial charge >= 0.3 is 0 Å². The van der Waals surface area contributed by atoms with Crippen LogP contribution in [0, 0.1) is 24.0 Å². The Kier molecular flexibility index (Phi) is 3.79. The molecule has 23 heavy (non-hydrogen) atoms. The number of hydrogen-bond donors (Lipinski definition) is 0. The molecular formula is C16H13N3O3S. The first kappa shape index (κ1) is 15.1. The fourth-order valence-corrected chi connectivity index (χ4v) is 3.18. The van der Waals surface area contributed by atoms with E-state index >= 15 is 0 Å². The Morgan fingerprint density at radius 3 is 2.91 bits per heavy atom. The minimum absolute atomic E-state index is 0.0966. The molecule has 2 aromatic heterocycles. The van der Waals surface area contributed by atoms with E-state index in [1.54, 1.807) is 23.5 Å². The molecule has 3 aromatic rings. The van der Waals surface area contributed by atoms with Gasteiger partial charge in [0.2, 0.25) is 0 Å². The molecule has 7 heteroatoms. The molecule has 6 nitrogen and oxygen atoms in total. The Balaban J connectivity index is 1.92. The van der Waals surface area contributed by atoms with Gasteiger partial charge in [-0.3, -0.25) is 19.3 Å². The van der Waals surface area contributed by atoms with Crippen molar-refractivity contribution in [2.24, 2.45) is 0 Å². The van der Waals surface area contributed by atoms with Crippen LogP contribution in [0.5, 0.6) is 0 Å². The van der Waals surface area contributed by atoms with Crippen LogP contribution in [0.15, 0.2) is 36.5 Å². The lowest BCUT2D eigenvalue weighted by molar-refractivity contribution is -0.384. The monoisotopic (exact) mass is 327 g/mol. The van der Waals surface area contributed by atoms with Crippen LogP contribution in [0.2, 0.25) is 0 Å². The molecule has 0 aliphatic heterocycles. The molecule has 0 atom stereocenters. The van der Waals surface area contributed by atoms with Crippen LogP contribution in [0.1, 0.15) is 26.6 Å². The summed E-state index contributed by atoms with van der Waals surface area (Å²) in [6, 6.07) is 5.70. The van der Waals surface area contributed by atoms with Gasteiger partial charge in [-0.1, -0.05) is 12.1 Å². The standard InChI is InChI=1S/C16H13N3O3S/c1-10-9-18-14(11(2)17-16(18)23-10)6-7-15(20)12-4-3-5-13(8-12)19(21)22/h3-9H,1-2H3/b7-6+. The molecular weight excluding hydrogens is 314 g/mol. The average molecular weight is 327 g/mol. The second-order valence-corrected chi connectivity index (χ2v) is 6.30. The fraction of sp³-hybridized carbons (Fsp3) is 0.125. The summed E-state index contributed by atoms with van der Waals surface area (Å²) >= 11 is 1.58. The zero-order valence-electron chi connectivity index (χ0n) is 12.5. The third-order valence-corrected chi connectivity index (χ3v) is 4.29. The van der Waals surface area contributed by atoms with E-state index < -0.39 is 4.92 Å². The number of aryl methyl sites for hydroxylation is 2. The van der Waals surface area contributed by atoms with E-state index in [1.807, 2.05) is 24.4 Å². The van der Waals surface area contributed by atoms with E-state index in [1.165, 1.54) is 24.3 Å². The van der Waals surface area contributed by atoms with E-state index in [4.69, 9.17) is 0 Å². The zero-order valence-corrected chi connectivity index (χ0v) is 13.3. The molecule has 2 heterocycles. The summed E-state index contributed by atoms with van der Waals surface area (Å²) in [4.78, 5) is 29.0. The number of carbonyl (C=O) groups excluding carboxylic acids is 1. The van der Waals surface area contributed by atoms with Crippen LogP contribution in [0.4, 0.5) is 5.69 Å². The molecule has 0 spiro atoms. The second-order valence-electron chi connectivity index (χ2n) is 5.08. The maximum absolute atomic E-state index is 12.2. The van der Waals surface area contributed by atoms with Crippen LogP contribution in [-0.4, -0.2) is 20.1 Å². The molecule has 0 unspecified atom stereocenters. The molecule has 0 N–H and O–H groups in total. The fourth-order valence-electron chi connectivity index (χ4n) is 2.31. The lowest BCUT2D eigenvalue weighted by Gasteiger charge is -1.97. The minimum atomic E-state index is -0.515. The van der Waals surface area contributed by atoms with Crippen molar-refractivity contribution in [2.45, 2.75) is 13.8 Å². The highest BCUT2D eigenvalue weighted by Crippen LogP contribution is 2.22. The van der Waals surface area contributed by atoms with Crippen molar-refractivity contribution in [3.05, 3.63) is 68.5 Å². The number of thiazole rings is 1. The molecule has 1 aromatic carbocycles. The quantitative estimate of drug-likeness (QED) is 0.316. The lowest BCUT2D eigenvalue weighted by Crippen LogP contribution is -1.96. The van der Waals surface area contributed by atoms with Crippen molar-refractivity contribution < 1.29 is 9.72 Å². The van der Waals surface area contributed by atoms with Gasteiger partial charge in [0.25, 0.3) is 5.69 Å². The van der Waals surface area contributed by atoms with Crippen LogP contribution >= 0.6 is 11.3 Å². The van der Waals surface area contributed by atoms with E-state index in [0.29, 0.717) is 0 Å². The molecule has 0 aliphatic rings. The van der Waals surface area contributed by atoms with Crippen molar-refractivity contribution in [3.8, 4) is 0 Å². The van der Waals surface area contributed by atoms with Crippen LogP contribution < -0.4 is 0 Å². The lowest BCUT2D eigenvalue weighted by atomic mass is 10.1. The number of aromatic nitrogens is 2. The minimum Gasteiger partial charge on any atom is -0.290 e. The summed E-state index contributed by atoms with van der Waals surface area (Å²) < 4.78 is 1.94. The summed E-state index contributed by atoms with van der Waals surface area (Å²) in [6.45, 7) is 3.88. The Bertz CT molecular complexity index is 953. The van der Waals surface area contributed by atoms with Crippen LogP contribution in [0.3, 0.4) is 0 Å². The highest BCUT2D eigenvalue weighted by Gasteiger charge is 2.11. The Morgan fingerprint density at radius 2 is 2.17 bits per heavy atom. The first-order valence-corrected chi connectivity index (χ1v) is 7.69. The molecule has 0 fully saturated rings. The summed E-state index contributed by atoms with van der Waals surface area (Å²) in [7, 11) is 0. The first-order valence-electron chi connectivity index (χ1n) is 6.87. The molecule has 0 radical (unpaired) electrons. The number of carbonyl (C=O) groups is 1. The van der Waals surface area contributed by atoms with E-state index in [9.17, 15) is 14.9 Å². The maximum Gasteiger partial charge on any atom is 0.270 e. The predicted molar refractivity (Wildman–Crippen MR) is 89.0 cm³/mol. The maximum atomic E-state index is 12.2. The van der Waals surface area contributed by atoms with Crippen molar-refractivity contribution in [1.29, 1.82) is 0 Å².